The zero-order chi connectivity index (χ0) is 16.9. The SMILES string of the molecule is O=C(COc1ccccc1C(=O)O)CSc1nc2ccccc2o1. The number of fused-ring (bicyclic) bond motifs is 1. The summed E-state index contributed by atoms with van der Waals surface area (Å²) in [5.41, 5.74) is 1.43. The van der Waals surface area contributed by atoms with Gasteiger partial charge in [-0.3, -0.25) is 4.79 Å². The molecule has 1 N–H and O–H groups in total. The van der Waals surface area contributed by atoms with Crippen LogP contribution in [0.5, 0.6) is 5.75 Å². The number of rotatable bonds is 7. The number of Topliss-reactive ketones (excluding diaryl/α,β-unsaturated/α-hetero) is 1. The molecule has 0 aliphatic rings. The topological polar surface area (TPSA) is 89.6 Å². The van der Waals surface area contributed by atoms with Gasteiger partial charge in [-0.2, -0.15) is 0 Å². The highest BCUT2D eigenvalue weighted by molar-refractivity contribution is 7.99. The van der Waals surface area contributed by atoms with Gasteiger partial charge in [0, 0.05) is 0 Å². The number of para-hydroxylation sites is 3. The van der Waals surface area contributed by atoms with Crippen LogP contribution in [0.25, 0.3) is 11.1 Å². The second-order valence-electron chi connectivity index (χ2n) is 4.86. The molecule has 3 aromatic rings. The first-order valence-corrected chi connectivity index (χ1v) is 8.07. The number of nitrogens with zero attached hydrogens (tertiary/aromatic N) is 1. The Labute approximate surface area is 141 Å². The minimum atomic E-state index is -1.10. The monoisotopic (exact) mass is 343 g/mol. The molecule has 0 atom stereocenters. The summed E-state index contributed by atoms with van der Waals surface area (Å²) in [5.74, 6) is -0.992. The van der Waals surface area contributed by atoms with Gasteiger partial charge in [-0.15, -0.1) is 0 Å². The van der Waals surface area contributed by atoms with E-state index in [1.807, 2.05) is 18.2 Å². The average Bonchev–Trinajstić information content (AvgIpc) is 3.01. The van der Waals surface area contributed by atoms with Crippen LogP contribution < -0.4 is 4.74 Å². The number of benzene rings is 2. The van der Waals surface area contributed by atoms with Gasteiger partial charge in [0.05, 0.1) is 5.75 Å². The van der Waals surface area contributed by atoms with Crippen LogP contribution in [0.2, 0.25) is 0 Å². The van der Waals surface area contributed by atoms with Crippen LogP contribution in [0.3, 0.4) is 0 Å². The molecule has 0 radical (unpaired) electrons. The number of ether oxygens (including phenoxy) is 1. The van der Waals surface area contributed by atoms with E-state index >= 15 is 0 Å². The molecule has 0 saturated heterocycles. The standard InChI is InChI=1S/C17H13NO5S/c19-11(9-22-14-7-3-1-5-12(14)16(20)21)10-24-17-18-13-6-2-4-8-15(13)23-17/h1-8H,9-10H2,(H,20,21). The van der Waals surface area contributed by atoms with Crippen LogP contribution in [-0.4, -0.2) is 34.2 Å². The molecule has 7 heteroatoms. The first-order chi connectivity index (χ1) is 11.6. The number of ketones is 1. The van der Waals surface area contributed by atoms with Gasteiger partial charge in [-0.1, -0.05) is 36.0 Å². The molecule has 24 heavy (non-hydrogen) atoms. The average molecular weight is 343 g/mol. The lowest BCUT2D eigenvalue weighted by Gasteiger charge is -2.07. The Morgan fingerprint density at radius 3 is 2.67 bits per heavy atom. The Balaban J connectivity index is 1.55. The van der Waals surface area contributed by atoms with E-state index < -0.39 is 5.97 Å². The molecule has 0 amide bonds. The van der Waals surface area contributed by atoms with Gasteiger partial charge in [0.25, 0.3) is 5.22 Å². The summed E-state index contributed by atoms with van der Waals surface area (Å²) in [5, 5.41) is 9.47. The molecule has 0 saturated carbocycles. The van der Waals surface area contributed by atoms with Gasteiger partial charge in [0.1, 0.15) is 23.4 Å². The normalized spacial score (nSPS) is 10.7. The molecule has 2 aromatic carbocycles. The molecule has 1 heterocycles. The van der Waals surface area contributed by atoms with Gasteiger partial charge in [-0.05, 0) is 24.3 Å². The Hall–Kier alpha value is -2.80. The van der Waals surface area contributed by atoms with Gasteiger partial charge in [0.15, 0.2) is 11.4 Å². The van der Waals surface area contributed by atoms with Crippen molar-refractivity contribution in [2.24, 2.45) is 0 Å². The van der Waals surface area contributed by atoms with Crippen molar-refractivity contribution in [2.75, 3.05) is 12.4 Å². The molecule has 6 nitrogen and oxygen atoms in total. The lowest BCUT2D eigenvalue weighted by molar-refractivity contribution is -0.118. The fourth-order valence-electron chi connectivity index (χ4n) is 2.02. The fourth-order valence-corrected chi connectivity index (χ4v) is 2.70. The van der Waals surface area contributed by atoms with Gasteiger partial charge < -0.3 is 14.3 Å². The number of hydrogen-bond acceptors (Lipinski definition) is 6. The second-order valence-corrected chi connectivity index (χ2v) is 5.79. The summed E-state index contributed by atoms with van der Waals surface area (Å²) in [6, 6.07) is 13.5. The third kappa shape index (κ3) is 3.75. The van der Waals surface area contributed by atoms with Crippen molar-refractivity contribution < 1.29 is 23.8 Å². The van der Waals surface area contributed by atoms with E-state index in [0.29, 0.717) is 10.8 Å². The van der Waals surface area contributed by atoms with E-state index in [0.717, 1.165) is 5.52 Å². The van der Waals surface area contributed by atoms with Crippen LogP contribution >= 0.6 is 11.8 Å². The smallest absolute Gasteiger partial charge is 0.339 e. The molecule has 0 fully saturated rings. The van der Waals surface area contributed by atoms with E-state index in [-0.39, 0.29) is 29.5 Å². The number of aromatic nitrogens is 1. The largest absolute Gasteiger partial charge is 0.485 e. The Morgan fingerprint density at radius 1 is 1.12 bits per heavy atom. The second kappa shape index (κ2) is 7.18. The highest BCUT2D eigenvalue weighted by Gasteiger charge is 2.13. The Morgan fingerprint density at radius 2 is 1.88 bits per heavy atom. The number of oxazole rings is 1. The number of carboxylic acids is 1. The summed E-state index contributed by atoms with van der Waals surface area (Å²) >= 11 is 1.18. The van der Waals surface area contributed by atoms with E-state index in [4.69, 9.17) is 14.3 Å². The van der Waals surface area contributed by atoms with Crippen LogP contribution in [0.4, 0.5) is 0 Å². The quantitative estimate of drug-likeness (QED) is 0.658. The Kier molecular flexibility index (Phi) is 4.81. The summed E-state index contributed by atoms with van der Waals surface area (Å²) in [6.45, 7) is -0.211. The highest BCUT2D eigenvalue weighted by Crippen LogP contribution is 2.23. The maximum atomic E-state index is 11.9. The van der Waals surface area contributed by atoms with Gasteiger partial charge in [0.2, 0.25) is 0 Å². The minimum absolute atomic E-state index is 0.0249. The van der Waals surface area contributed by atoms with Crippen LogP contribution in [0, 0.1) is 0 Å². The van der Waals surface area contributed by atoms with Crippen LogP contribution in [0.1, 0.15) is 10.4 Å². The van der Waals surface area contributed by atoms with Crippen molar-refractivity contribution in [3.05, 3.63) is 54.1 Å². The molecular formula is C17H13NO5S. The molecule has 3 rings (SSSR count). The molecule has 0 unspecified atom stereocenters. The van der Waals surface area contributed by atoms with Crippen molar-refractivity contribution in [3.8, 4) is 5.75 Å². The third-order valence-electron chi connectivity index (χ3n) is 3.14. The predicted molar refractivity (Wildman–Crippen MR) is 88.6 cm³/mol. The molecule has 0 bridgehead atoms. The summed E-state index contributed by atoms with van der Waals surface area (Å²) in [4.78, 5) is 27.3. The lowest BCUT2D eigenvalue weighted by Crippen LogP contribution is -2.15. The Bertz CT molecular complexity index is 856. The van der Waals surface area contributed by atoms with E-state index in [9.17, 15) is 9.59 Å². The van der Waals surface area contributed by atoms with Gasteiger partial charge in [-0.25, -0.2) is 9.78 Å². The minimum Gasteiger partial charge on any atom is -0.485 e. The first kappa shape index (κ1) is 16.1. The molecule has 0 aliphatic carbocycles. The van der Waals surface area contributed by atoms with E-state index in [1.165, 1.54) is 23.9 Å². The highest BCUT2D eigenvalue weighted by atomic mass is 32.2. The van der Waals surface area contributed by atoms with Crippen molar-refractivity contribution >= 4 is 34.6 Å². The van der Waals surface area contributed by atoms with E-state index in [1.54, 1.807) is 18.2 Å². The molecule has 0 spiro atoms. The molecular weight excluding hydrogens is 330 g/mol. The van der Waals surface area contributed by atoms with Crippen molar-refractivity contribution in [1.29, 1.82) is 0 Å². The van der Waals surface area contributed by atoms with Crippen molar-refractivity contribution in [1.82, 2.24) is 4.98 Å². The number of hydrogen-bond donors (Lipinski definition) is 1. The molecule has 122 valence electrons. The summed E-state index contributed by atoms with van der Waals surface area (Å²) in [6.07, 6.45) is 0. The van der Waals surface area contributed by atoms with Crippen LogP contribution in [0.15, 0.2) is 58.2 Å². The van der Waals surface area contributed by atoms with E-state index in [2.05, 4.69) is 4.98 Å². The summed E-state index contributed by atoms with van der Waals surface area (Å²) < 4.78 is 10.8. The number of thioether (sulfide) groups is 1. The number of carbonyl (C=O) groups is 2. The lowest BCUT2D eigenvalue weighted by atomic mass is 10.2. The van der Waals surface area contributed by atoms with Crippen molar-refractivity contribution in [3.63, 3.8) is 0 Å². The van der Waals surface area contributed by atoms with Crippen molar-refractivity contribution in [2.45, 2.75) is 5.22 Å². The number of aromatic carboxylic acids is 1. The first-order valence-electron chi connectivity index (χ1n) is 7.08. The molecule has 1 aromatic heterocycles. The zero-order valence-corrected chi connectivity index (χ0v) is 13.3. The summed E-state index contributed by atoms with van der Waals surface area (Å²) in [7, 11) is 0. The number of carbonyl (C=O) groups excluding carboxylic acids is 1. The number of carboxylic acid groups (broad SMARTS) is 1. The predicted octanol–water partition coefficient (Wildman–Crippen LogP) is 3.27. The fraction of sp³-hybridized carbons (Fsp3) is 0.118. The third-order valence-corrected chi connectivity index (χ3v) is 4.02. The van der Waals surface area contributed by atoms with Crippen LogP contribution in [-0.2, 0) is 4.79 Å². The maximum Gasteiger partial charge on any atom is 0.339 e. The molecule has 0 aliphatic heterocycles. The van der Waals surface area contributed by atoms with Gasteiger partial charge >= 0.3 is 5.97 Å². The maximum absolute atomic E-state index is 11.9. The zero-order valence-electron chi connectivity index (χ0n) is 12.5.